The lowest BCUT2D eigenvalue weighted by Crippen LogP contribution is -2.01. The number of aromatic hydroxyl groups is 1. The first-order chi connectivity index (χ1) is 9.65. The van der Waals surface area contributed by atoms with Crippen LogP contribution in [0.15, 0.2) is 42.6 Å². The van der Waals surface area contributed by atoms with Gasteiger partial charge < -0.3 is 15.4 Å². The molecule has 3 nitrogen and oxygen atoms in total. The van der Waals surface area contributed by atoms with Crippen molar-refractivity contribution in [3.05, 3.63) is 59.3 Å². The van der Waals surface area contributed by atoms with Crippen molar-refractivity contribution < 1.29 is 5.11 Å². The average Bonchev–Trinajstić information content (AvgIpc) is 2.90. The Hall–Kier alpha value is -2.42. The van der Waals surface area contributed by atoms with Crippen LogP contribution in [0.1, 0.15) is 16.7 Å². The standard InChI is InChI=1S/C17H18N2O/c1-11-9-17(20)12(2)8-16(11)19-10-13-4-3-5-15-14(13)6-7-18-15/h3-9,18-20H,10H2,1-2H3. The Kier molecular flexibility index (Phi) is 3.11. The zero-order valence-electron chi connectivity index (χ0n) is 11.7. The Labute approximate surface area is 118 Å². The van der Waals surface area contributed by atoms with Crippen molar-refractivity contribution >= 4 is 16.6 Å². The van der Waals surface area contributed by atoms with E-state index in [4.69, 9.17) is 0 Å². The molecular weight excluding hydrogens is 248 g/mol. The predicted molar refractivity (Wildman–Crippen MR) is 83.2 cm³/mol. The fourth-order valence-electron chi connectivity index (χ4n) is 2.49. The Morgan fingerprint density at radius 1 is 1.10 bits per heavy atom. The third-order valence-corrected chi connectivity index (χ3v) is 3.70. The number of aryl methyl sites for hydroxylation is 2. The van der Waals surface area contributed by atoms with Crippen molar-refractivity contribution in [2.24, 2.45) is 0 Å². The second-order valence-corrected chi connectivity index (χ2v) is 5.16. The van der Waals surface area contributed by atoms with Crippen molar-refractivity contribution in [2.75, 3.05) is 5.32 Å². The monoisotopic (exact) mass is 266 g/mol. The molecule has 3 heteroatoms. The summed E-state index contributed by atoms with van der Waals surface area (Å²) in [5.74, 6) is 0.348. The summed E-state index contributed by atoms with van der Waals surface area (Å²) in [7, 11) is 0. The maximum atomic E-state index is 9.69. The molecule has 0 aliphatic heterocycles. The van der Waals surface area contributed by atoms with Gasteiger partial charge >= 0.3 is 0 Å². The number of phenols is 1. The first kappa shape index (κ1) is 12.6. The molecule has 0 radical (unpaired) electrons. The van der Waals surface area contributed by atoms with Gasteiger partial charge in [-0.15, -0.1) is 0 Å². The highest BCUT2D eigenvalue weighted by Crippen LogP contribution is 2.26. The minimum atomic E-state index is 0.348. The summed E-state index contributed by atoms with van der Waals surface area (Å²) in [5.41, 5.74) is 5.41. The number of nitrogens with one attached hydrogen (secondary N) is 2. The number of aromatic nitrogens is 1. The van der Waals surface area contributed by atoms with Crippen molar-refractivity contribution in [3.63, 3.8) is 0 Å². The molecule has 102 valence electrons. The van der Waals surface area contributed by atoms with Crippen molar-refractivity contribution in [2.45, 2.75) is 20.4 Å². The summed E-state index contributed by atoms with van der Waals surface area (Å²) in [6, 6.07) is 12.2. The number of hydrogen-bond donors (Lipinski definition) is 3. The van der Waals surface area contributed by atoms with Gasteiger partial charge in [-0.1, -0.05) is 12.1 Å². The second-order valence-electron chi connectivity index (χ2n) is 5.16. The molecule has 3 N–H and O–H groups in total. The molecular formula is C17H18N2O. The van der Waals surface area contributed by atoms with Gasteiger partial charge in [0.1, 0.15) is 5.75 Å². The topological polar surface area (TPSA) is 48.0 Å². The van der Waals surface area contributed by atoms with E-state index in [1.807, 2.05) is 26.1 Å². The highest BCUT2D eigenvalue weighted by Gasteiger charge is 2.05. The average molecular weight is 266 g/mol. The van der Waals surface area contributed by atoms with Gasteiger partial charge in [-0.05, 0) is 54.8 Å². The fourth-order valence-corrected chi connectivity index (χ4v) is 2.49. The number of rotatable bonds is 3. The third-order valence-electron chi connectivity index (χ3n) is 3.70. The van der Waals surface area contributed by atoms with Crippen LogP contribution in [-0.2, 0) is 6.54 Å². The minimum absolute atomic E-state index is 0.348. The molecule has 2 aromatic carbocycles. The summed E-state index contributed by atoms with van der Waals surface area (Å²) < 4.78 is 0. The molecule has 0 saturated carbocycles. The molecule has 1 heterocycles. The van der Waals surface area contributed by atoms with Gasteiger partial charge in [0.2, 0.25) is 0 Å². The SMILES string of the molecule is Cc1cc(NCc2cccc3[nH]ccc23)c(C)cc1O. The number of fused-ring (bicyclic) bond motifs is 1. The van der Waals surface area contributed by atoms with Crippen LogP contribution in [0.4, 0.5) is 5.69 Å². The van der Waals surface area contributed by atoms with Crippen LogP contribution >= 0.6 is 0 Å². The Bertz CT molecular complexity index is 759. The van der Waals surface area contributed by atoms with Crippen molar-refractivity contribution in [1.29, 1.82) is 0 Å². The van der Waals surface area contributed by atoms with E-state index in [0.29, 0.717) is 5.75 Å². The molecule has 0 amide bonds. The van der Waals surface area contributed by atoms with Crippen LogP contribution in [-0.4, -0.2) is 10.1 Å². The minimum Gasteiger partial charge on any atom is -0.508 e. The summed E-state index contributed by atoms with van der Waals surface area (Å²) in [6.07, 6.45) is 1.96. The molecule has 0 atom stereocenters. The number of H-pyrrole nitrogens is 1. The lowest BCUT2D eigenvalue weighted by atomic mass is 10.1. The molecule has 0 saturated heterocycles. The Balaban J connectivity index is 1.86. The molecule has 3 aromatic rings. The Morgan fingerprint density at radius 2 is 1.95 bits per heavy atom. The van der Waals surface area contributed by atoms with E-state index >= 15 is 0 Å². The first-order valence-electron chi connectivity index (χ1n) is 6.74. The molecule has 0 spiro atoms. The first-order valence-corrected chi connectivity index (χ1v) is 6.74. The van der Waals surface area contributed by atoms with E-state index in [0.717, 1.165) is 28.9 Å². The van der Waals surface area contributed by atoms with Crippen LogP contribution in [0.2, 0.25) is 0 Å². The van der Waals surface area contributed by atoms with Crippen molar-refractivity contribution in [1.82, 2.24) is 4.98 Å². The van der Waals surface area contributed by atoms with Gasteiger partial charge in [-0.3, -0.25) is 0 Å². The number of benzene rings is 2. The van der Waals surface area contributed by atoms with Crippen LogP contribution in [0.3, 0.4) is 0 Å². The molecule has 20 heavy (non-hydrogen) atoms. The lowest BCUT2D eigenvalue weighted by molar-refractivity contribution is 0.471. The van der Waals surface area contributed by atoms with E-state index in [-0.39, 0.29) is 0 Å². The maximum absolute atomic E-state index is 9.69. The predicted octanol–water partition coefficient (Wildman–Crippen LogP) is 4.10. The quantitative estimate of drug-likeness (QED) is 0.625. The molecule has 1 aromatic heterocycles. The number of phenolic OH excluding ortho intramolecular Hbond substituents is 1. The normalized spacial score (nSPS) is 10.9. The Morgan fingerprint density at radius 3 is 2.80 bits per heavy atom. The van der Waals surface area contributed by atoms with E-state index in [2.05, 4.69) is 34.6 Å². The lowest BCUT2D eigenvalue weighted by Gasteiger charge is -2.12. The van der Waals surface area contributed by atoms with Crippen molar-refractivity contribution in [3.8, 4) is 5.75 Å². The van der Waals surface area contributed by atoms with E-state index in [1.165, 1.54) is 10.9 Å². The highest BCUT2D eigenvalue weighted by atomic mass is 16.3. The van der Waals surface area contributed by atoms with Gasteiger partial charge in [0.15, 0.2) is 0 Å². The maximum Gasteiger partial charge on any atom is 0.118 e. The zero-order valence-corrected chi connectivity index (χ0v) is 11.7. The summed E-state index contributed by atoms with van der Waals surface area (Å²) in [6.45, 7) is 4.67. The summed E-state index contributed by atoms with van der Waals surface area (Å²) in [5, 5.41) is 14.4. The molecule has 3 rings (SSSR count). The number of anilines is 1. The van der Waals surface area contributed by atoms with Gasteiger partial charge in [0, 0.05) is 29.3 Å². The van der Waals surface area contributed by atoms with E-state index < -0.39 is 0 Å². The summed E-state index contributed by atoms with van der Waals surface area (Å²) >= 11 is 0. The summed E-state index contributed by atoms with van der Waals surface area (Å²) in [4.78, 5) is 3.23. The van der Waals surface area contributed by atoms with Gasteiger partial charge in [0.05, 0.1) is 0 Å². The largest absolute Gasteiger partial charge is 0.508 e. The van der Waals surface area contributed by atoms with Gasteiger partial charge in [-0.2, -0.15) is 0 Å². The zero-order chi connectivity index (χ0) is 14.1. The second kappa shape index (κ2) is 4.93. The number of aromatic amines is 1. The van der Waals surface area contributed by atoms with Crippen LogP contribution in [0.5, 0.6) is 5.75 Å². The van der Waals surface area contributed by atoms with Crippen LogP contribution < -0.4 is 5.32 Å². The molecule has 0 aliphatic rings. The van der Waals surface area contributed by atoms with Gasteiger partial charge in [0.25, 0.3) is 0 Å². The smallest absolute Gasteiger partial charge is 0.118 e. The molecule has 0 bridgehead atoms. The van der Waals surface area contributed by atoms with Gasteiger partial charge in [-0.25, -0.2) is 0 Å². The third kappa shape index (κ3) is 2.23. The molecule has 0 unspecified atom stereocenters. The van der Waals surface area contributed by atoms with E-state index in [9.17, 15) is 5.11 Å². The van der Waals surface area contributed by atoms with Crippen LogP contribution in [0, 0.1) is 13.8 Å². The van der Waals surface area contributed by atoms with Crippen LogP contribution in [0.25, 0.3) is 10.9 Å². The number of hydrogen-bond acceptors (Lipinski definition) is 2. The molecule has 0 aliphatic carbocycles. The highest BCUT2D eigenvalue weighted by molar-refractivity contribution is 5.83. The fraction of sp³-hybridized carbons (Fsp3) is 0.176. The van der Waals surface area contributed by atoms with E-state index in [1.54, 1.807) is 6.07 Å². The molecule has 0 fully saturated rings.